The molecule has 3 rings (SSSR count). The molecule has 10 heteroatoms. The van der Waals surface area contributed by atoms with Crippen LogP contribution in [0.15, 0.2) is 39.0 Å². The minimum Gasteiger partial charge on any atom is -0.310 e. The zero-order valence-electron chi connectivity index (χ0n) is 13.4. The van der Waals surface area contributed by atoms with Crippen molar-refractivity contribution in [2.24, 2.45) is 0 Å². The van der Waals surface area contributed by atoms with Gasteiger partial charge in [0.2, 0.25) is 5.91 Å². The van der Waals surface area contributed by atoms with Gasteiger partial charge in [0, 0.05) is 6.07 Å². The van der Waals surface area contributed by atoms with Crippen molar-refractivity contribution in [3.05, 3.63) is 41.8 Å². The quantitative estimate of drug-likeness (QED) is 0.643. The van der Waals surface area contributed by atoms with Crippen molar-refractivity contribution in [3.8, 4) is 5.69 Å². The molecule has 0 spiro atoms. The van der Waals surface area contributed by atoms with Crippen molar-refractivity contribution < 1.29 is 9.18 Å². The lowest BCUT2D eigenvalue weighted by atomic mass is 10.3. The largest absolute Gasteiger partial charge is 0.310 e. The van der Waals surface area contributed by atoms with Gasteiger partial charge in [-0.15, -0.1) is 10.2 Å². The SMILES string of the molecule is CSc1nnc(SCC(=O)Nc2cc(C)nn2-c2ccc(F)cc2)s1. The number of halogens is 1. The van der Waals surface area contributed by atoms with Crippen molar-refractivity contribution in [2.75, 3.05) is 17.3 Å². The van der Waals surface area contributed by atoms with Gasteiger partial charge >= 0.3 is 0 Å². The molecule has 130 valence electrons. The molecule has 0 aliphatic carbocycles. The second kappa shape index (κ2) is 7.98. The summed E-state index contributed by atoms with van der Waals surface area (Å²) in [5, 5.41) is 15.2. The number of anilines is 1. The van der Waals surface area contributed by atoms with E-state index >= 15 is 0 Å². The third-order valence-corrected chi connectivity index (χ3v) is 6.09. The topological polar surface area (TPSA) is 72.7 Å². The fourth-order valence-electron chi connectivity index (χ4n) is 2.01. The van der Waals surface area contributed by atoms with E-state index in [1.165, 1.54) is 47.0 Å². The fraction of sp³-hybridized carbons (Fsp3) is 0.200. The minimum absolute atomic E-state index is 0.172. The number of aromatic nitrogens is 4. The lowest BCUT2D eigenvalue weighted by molar-refractivity contribution is -0.113. The van der Waals surface area contributed by atoms with E-state index in [1.54, 1.807) is 22.9 Å². The highest BCUT2D eigenvalue weighted by Gasteiger charge is 2.13. The van der Waals surface area contributed by atoms with E-state index in [0.29, 0.717) is 11.5 Å². The Morgan fingerprint density at radius 1 is 1.28 bits per heavy atom. The summed E-state index contributed by atoms with van der Waals surface area (Å²) in [6, 6.07) is 7.69. The van der Waals surface area contributed by atoms with Crippen molar-refractivity contribution in [3.63, 3.8) is 0 Å². The Balaban J connectivity index is 1.67. The van der Waals surface area contributed by atoms with Crippen LogP contribution in [0, 0.1) is 12.7 Å². The van der Waals surface area contributed by atoms with Gasteiger partial charge in [0.05, 0.1) is 17.1 Å². The highest BCUT2D eigenvalue weighted by molar-refractivity contribution is 8.03. The number of hydrogen-bond acceptors (Lipinski definition) is 7. The van der Waals surface area contributed by atoms with E-state index in [4.69, 9.17) is 0 Å². The second-order valence-corrected chi connectivity index (χ2v) is 8.19. The number of aryl methyl sites for hydroxylation is 1. The summed E-state index contributed by atoms with van der Waals surface area (Å²) < 4.78 is 16.3. The van der Waals surface area contributed by atoms with Gasteiger partial charge in [-0.2, -0.15) is 5.10 Å². The molecule has 0 fully saturated rings. The molecule has 0 aliphatic heterocycles. The Kier molecular flexibility index (Phi) is 5.71. The van der Waals surface area contributed by atoms with Gasteiger partial charge in [-0.25, -0.2) is 9.07 Å². The zero-order valence-corrected chi connectivity index (χ0v) is 15.8. The third-order valence-electron chi connectivity index (χ3n) is 3.06. The van der Waals surface area contributed by atoms with Crippen LogP contribution in [0.4, 0.5) is 10.2 Å². The normalized spacial score (nSPS) is 10.8. The lowest BCUT2D eigenvalue weighted by Gasteiger charge is -2.08. The molecule has 0 atom stereocenters. The number of rotatable bonds is 6. The summed E-state index contributed by atoms with van der Waals surface area (Å²) in [5.74, 6) is 0.263. The first kappa shape index (κ1) is 17.9. The van der Waals surface area contributed by atoms with Crippen LogP contribution in [0.1, 0.15) is 5.69 Å². The number of amides is 1. The Hall–Kier alpha value is -1.91. The predicted octanol–water partition coefficient (Wildman–Crippen LogP) is 3.62. The van der Waals surface area contributed by atoms with Crippen molar-refractivity contribution >= 4 is 46.6 Å². The van der Waals surface area contributed by atoms with Crippen LogP contribution in [0.3, 0.4) is 0 Å². The Morgan fingerprint density at radius 2 is 2.00 bits per heavy atom. The van der Waals surface area contributed by atoms with E-state index in [2.05, 4.69) is 20.6 Å². The summed E-state index contributed by atoms with van der Waals surface area (Å²) in [6.07, 6.45) is 1.93. The molecule has 0 aliphatic rings. The first-order chi connectivity index (χ1) is 12.0. The molecule has 0 bridgehead atoms. The van der Waals surface area contributed by atoms with Crippen molar-refractivity contribution in [2.45, 2.75) is 15.6 Å². The highest BCUT2D eigenvalue weighted by atomic mass is 32.2. The molecule has 6 nitrogen and oxygen atoms in total. The van der Waals surface area contributed by atoms with Gasteiger partial charge in [0.15, 0.2) is 8.68 Å². The fourth-order valence-corrected chi connectivity index (χ4v) is 4.25. The second-order valence-electron chi connectivity index (χ2n) is 4.93. The van der Waals surface area contributed by atoms with Gasteiger partial charge in [0.1, 0.15) is 11.6 Å². The number of thioether (sulfide) groups is 2. The van der Waals surface area contributed by atoms with Crippen LogP contribution >= 0.6 is 34.9 Å². The predicted molar refractivity (Wildman–Crippen MR) is 99.3 cm³/mol. The standard InChI is InChI=1S/C15H14FN5OS3/c1-9-7-12(21(20-9)11-5-3-10(16)4-6-11)17-13(22)8-24-15-19-18-14(23-2)25-15/h3-7H,8H2,1-2H3,(H,17,22). The van der Waals surface area contributed by atoms with Crippen molar-refractivity contribution in [1.29, 1.82) is 0 Å². The molecule has 2 heterocycles. The number of hydrogen-bond donors (Lipinski definition) is 1. The molecule has 0 saturated heterocycles. The molecule has 1 amide bonds. The van der Waals surface area contributed by atoms with E-state index in [9.17, 15) is 9.18 Å². The Labute approximate surface area is 156 Å². The van der Waals surface area contributed by atoms with Gasteiger partial charge < -0.3 is 5.32 Å². The summed E-state index contributed by atoms with van der Waals surface area (Å²) >= 11 is 4.31. The molecular weight excluding hydrogens is 381 g/mol. The number of benzene rings is 1. The molecule has 0 unspecified atom stereocenters. The van der Waals surface area contributed by atoms with Crippen LogP contribution < -0.4 is 5.32 Å². The first-order valence-corrected chi connectivity index (χ1v) is 10.2. The van der Waals surface area contributed by atoms with Crippen LogP contribution in [0.2, 0.25) is 0 Å². The zero-order chi connectivity index (χ0) is 17.8. The van der Waals surface area contributed by atoms with Gasteiger partial charge in [-0.3, -0.25) is 4.79 Å². The number of nitrogens with one attached hydrogen (secondary N) is 1. The van der Waals surface area contributed by atoms with Crippen molar-refractivity contribution in [1.82, 2.24) is 20.0 Å². The molecule has 3 aromatic rings. The van der Waals surface area contributed by atoms with Gasteiger partial charge in [-0.1, -0.05) is 34.9 Å². The number of carbonyl (C=O) groups excluding carboxylic acids is 1. The van der Waals surface area contributed by atoms with E-state index in [-0.39, 0.29) is 17.5 Å². The molecule has 25 heavy (non-hydrogen) atoms. The smallest absolute Gasteiger partial charge is 0.235 e. The molecule has 1 N–H and O–H groups in total. The third kappa shape index (κ3) is 4.59. The average molecular weight is 396 g/mol. The van der Waals surface area contributed by atoms with E-state index < -0.39 is 0 Å². The first-order valence-electron chi connectivity index (χ1n) is 7.18. The van der Waals surface area contributed by atoms with Crippen LogP contribution in [0.25, 0.3) is 5.69 Å². The molecule has 1 aromatic carbocycles. The maximum Gasteiger partial charge on any atom is 0.235 e. The number of carbonyl (C=O) groups is 1. The van der Waals surface area contributed by atoms with E-state index in [0.717, 1.165) is 14.4 Å². The number of nitrogens with zero attached hydrogens (tertiary/aromatic N) is 4. The maximum absolute atomic E-state index is 13.1. The maximum atomic E-state index is 13.1. The highest BCUT2D eigenvalue weighted by Crippen LogP contribution is 2.27. The monoisotopic (exact) mass is 395 g/mol. The molecule has 2 aromatic heterocycles. The molecular formula is C15H14FN5OS3. The van der Waals surface area contributed by atoms with Gasteiger partial charge in [0.25, 0.3) is 0 Å². The van der Waals surface area contributed by atoms with Gasteiger partial charge in [-0.05, 0) is 37.4 Å². The molecule has 0 saturated carbocycles. The minimum atomic E-state index is -0.323. The summed E-state index contributed by atoms with van der Waals surface area (Å²) in [7, 11) is 0. The van der Waals surface area contributed by atoms with E-state index in [1.807, 2.05) is 13.2 Å². The lowest BCUT2D eigenvalue weighted by Crippen LogP contribution is -2.16. The Bertz CT molecular complexity index is 878. The molecule has 0 radical (unpaired) electrons. The van der Waals surface area contributed by atoms with Crippen LogP contribution in [-0.4, -0.2) is 37.9 Å². The summed E-state index contributed by atoms with van der Waals surface area (Å²) in [4.78, 5) is 12.2. The Morgan fingerprint density at radius 3 is 2.68 bits per heavy atom. The summed E-state index contributed by atoms with van der Waals surface area (Å²) in [6.45, 7) is 1.83. The summed E-state index contributed by atoms with van der Waals surface area (Å²) in [5.41, 5.74) is 1.42. The van der Waals surface area contributed by atoms with Crippen LogP contribution in [-0.2, 0) is 4.79 Å². The average Bonchev–Trinajstić information content (AvgIpc) is 3.20. The van der Waals surface area contributed by atoms with Crippen LogP contribution in [0.5, 0.6) is 0 Å².